The number of fused-ring (bicyclic) bond motifs is 2. The molecule has 5 nitrogen and oxygen atoms in total. The average molecular weight is 382 g/mol. The number of ether oxygens (including phenoxy) is 2. The lowest BCUT2D eigenvalue weighted by Gasteiger charge is -1.98. The van der Waals surface area contributed by atoms with Crippen molar-refractivity contribution in [1.29, 1.82) is 0 Å². The van der Waals surface area contributed by atoms with Gasteiger partial charge < -0.3 is 13.9 Å². The van der Waals surface area contributed by atoms with Gasteiger partial charge in [0.1, 0.15) is 5.52 Å². The third-order valence-electron chi connectivity index (χ3n) is 4.74. The largest absolute Gasteiger partial charge is 0.454 e. The van der Waals surface area contributed by atoms with Crippen molar-refractivity contribution in [3.63, 3.8) is 0 Å². The van der Waals surface area contributed by atoms with Gasteiger partial charge >= 0.3 is 0 Å². The second-order valence-corrected chi connectivity index (χ2v) is 6.74. The molecular weight excluding hydrogens is 364 g/mol. The Morgan fingerprint density at radius 2 is 1.86 bits per heavy atom. The Kier molecular flexibility index (Phi) is 4.33. The van der Waals surface area contributed by atoms with Crippen LogP contribution in [0.15, 0.2) is 76.1 Å². The van der Waals surface area contributed by atoms with Crippen LogP contribution in [0, 0.1) is 6.92 Å². The molecule has 1 aliphatic heterocycles. The number of hydrogen-bond donors (Lipinski definition) is 0. The molecule has 0 saturated heterocycles. The molecule has 0 atom stereocenters. The highest BCUT2D eigenvalue weighted by molar-refractivity contribution is 5.84. The third-order valence-corrected chi connectivity index (χ3v) is 4.74. The van der Waals surface area contributed by atoms with Crippen molar-refractivity contribution in [3.8, 4) is 23.0 Å². The number of aliphatic imine (C=N–C) groups is 1. The maximum atomic E-state index is 5.91. The van der Waals surface area contributed by atoms with Crippen LogP contribution in [0.5, 0.6) is 11.5 Å². The summed E-state index contributed by atoms with van der Waals surface area (Å²) in [4.78, 5) is 9.12. The van der Waals surface area contributed by atoms with Crippen molar-refractivity contribution < 1.29 is 13.9 Å². The van der Waals surface area contributed by atoms with Crippen LogP contribution < -0.4 is 9.47 Å². The minimum Gasteiger partial charge on any atom is -0.454 e. The quantitative estimate of drug-likeness (QED) is 0.409. The standard InChI is InChI=1S/C24H18N2O3/c1-16-5-2-3-7-19(16)24-26-20-14-18(9-11-21(20)29-24)25-12-4-6-17-8-10-22-23(13-17)28-15-27-22/h2-14H,15H2,1H3/b6-4+,25-12?. The fourth-order valence-corrected chi connectivity index (χ4v) is 3.22. The first-order valence-electron chi connectivity index (χ1n) is 9.33. The Balaban J connectivity index is 1.34. The summed E-state index contributed by atoms with van der Waals surface area (Å²) in [7, 11) is 0. The summed E-state index contributed by atoms with van der Waals surface area (Å²) in [6.45, 7) is 2.33. The molecule has 0 unspecified atom stereocenters. The van der Waals surface area contributed by atoms with Gasteiger partial charge in [-0.1, -0.05) is 30.3 Å². The molecule has 5 rings (SSSR count). The molecule has 0 bridgehead atoms. The van der Waals surface area contributed by atoms with Crippen molar-refractivity contribution in [2.75, 3.05) is 6.79 Å². The zero-order valence-corrected chi connectivity index (χ0v) is 15.8. The molecule has 2 heterocycles. The third kappa shape index (κ3) is 3.50. The highest BCUT2D eigenvalue weighted by Gasteiger charge is 2.12. The van der Waals surface area contributed by atoms with E-state index in [-0.39, 0.29) is 6.79 Å². The Labute approximate surface area is 167 Å². The highest BCUT2D eigenvalue weighted by atomic mass is 16.7. The van der Waals surface area contributed by atoms with E-state index in [0.717, 1.165) is 45.0 Å². The molecule has 0 radical (unpaired) electrons. The first kappa shape index (κ1) is 17.3. The van der Waals surface area contributed by atoms with Crippen LogP contribution in [0.4, 0.5) is 5.69 Å². The topological polar surface area (TPSA) is 56.9 Å². The van der Waals surface area contributed by atoms with Crippen LogP contribution in [-0.2, 0) is 0 Å². The molecule has 0 fully saturated rings. The fraction of sp³-hybridized carbons (Fsp3) is 0.0833. The van der Waals surface area contributed by atoms with Gasteiger partial charge in [-0.25, -0.2) is 4.98 Å². The van der Waals surface area contributed by atoms with Crippen LogP contribution in [0.2, 0.25) is 0 Å². The fourth-order valence-electron chi connectivity index (χ4n) is 3.22. The monoisotopic (exact) mass is 382 g/mol. The lowest BCUT2D eigenvalue weighted by Crippen LogP contribution is -1.92. The Morgan fingerprint density at radius 1 is 0.966 bits per heavy atom. The maximum Gasteiger partial charge on any atom is 0.231 e. The molecular formula is C24H18N2O3. The van der Waals surface area contributed by atoms with Crippen LogP contribution in [0.1, 0.15) is 11.1 Å². The zero-order chi connectivity index (χ0) is 19.6. The molecule has 1 aliphatic rings. The minimum atomic E-state index is 0.278. The molecule has 0 aliphatic carbocycles. The number of rotatable bonds is 4. The lowest BCUT2D eigenvalue weighted by molar-refractivity contribution is 0.174. The molecule has 3 aromatic carbocycles. The number of aromatic nitrogens is 1. The first-order chi connectivity index (χ1) is 14.3. The first-order valence-corrected chi connectivity index (χ1v) is 9.33. The number of oxazole rings is 1. The second-order valence-electron chi connectivity index (χ2n) is 6.74. The van der Waals surface area contributed by atoms with Gasteiger partial charge in [-0.15, -0.1) is 0 Å². The normalized spacial score (nSPS) is 13.1. The van der Waals surface area contributed by atoms with Gasteiger partial charge in [-0.3, -0.25) is 4.99 Å². The van der Waals surface area contributed by atoms with E-state index in [1.165, 1.54) is 0 Å². The molecule has 0 spiro atoms. The summed E-state index contributed by atoms with van der Waals surface area (Å²) in [6.07, 6.45) is 5.62. The van der Waals surface area contributed by atoms with Crippen LogP contribution in [-0.4, -0.2) is 18.0 Å². The molecule has 1 aromatic heterocycles. The van der Waals surface area contributed by atoms with Crippen molar-refractivity contribution >= 4 is 29.1 Å². The number of hydrogen-bond acceptors (Lipinski definition) is 5. The molecule has 142 valence electrons. The Hall–Kier alpha value is -3.86. The van der Waals surface area contributed by atoms with E-state index in [1.54, 1.807) is 6.21 Å². The zero-order valence-electron chi connectivity index (χ0n) is 15.8. The maximum absolute atomic E-state index is 5.91. The van der Waals surface area contributed by atoms with Crippen LogP contribution >= 0.6 is 0 Å². The van der Waals surface area contributed by atoms with Gasteiger partial charge in [0, 0.05) is 11.8 Å². The van der Waals surface area contributed by atoms with E-state index < -0.39 is 0 Å². The Morgan fingerprint density at radius 3 is 2.79 bits per heavy atom. The van der Waals surface area contributed by atoms with Gasteiger partial charge in [0.15, 0.2) is 17.1 Å². The van der Waals surface area contributed by atoms with Crippen molar-refractivity contribution in [1.82, 2.24) is 4.98 Å². The molecule has 29 heavy (non-hydrogen) atoms. The van der Waals surface area contributed by atoms with E-state index in [4.69, 9.17) is 13.9 Å². The number of benzene rings is 3. The molecule has 0 amide bonds. The molecule has 4 aromatic rings. The summed E-state index contributed by atoms with van der Waals surface area (Å²) in [5, 5.41) is 0. The van der Waals surface area contributed by atoms with E-state index >= 15 is 0 Å². The van der Waals surface area contributed by atoms with Gasteiger partial charge in [0.25, 0.3) is 0 Å². The molecule has 5 heteroatoms. The average Bonchev–Trinajstić information content (AvgIpc) is 3.37. The van der Waals surface area contributed by atoms with Gasteiger partial charge in [-0.2, -0.15) is 0 Å². The second kappa shape index (κ2) is 7.28. The summed E-state index contributed by atoms with van der Waals surface area (Å²) in [5.41, 5.74) is 5.51. The predicted octanol–water partition coefficient (Wildman–Crippen LogP) is 5.95. The molecule has 0 saturated carbocycles. The number of aryl methyl sites for hydroxylation is 1. The van der Waals surface area contributed by atoms with Crippen molar-refractivity contribution in [2.24, 2.45) is 4.99 Å². The van der Waals surface area contributed by atoms with E-state index in [1.807, 2.05) is 79.7 Å². The predicted molar refractivity (Wildman–Crippen MR) is 114 cm³/mol. The van der Waals surface area contributed by atoms with E-state index in [0.29, 0.717) is 5.89 Å². The van der Waals surface area contributed by atoms with Crippen molar-refractivity contribution in [2.45, 2.75) is 6.92 Å². The highest BCUT2D eigenvalue weighted by Crippen LogP contribution is 2.33. The van der Waals surface area contributed by atoms with Crippen molar-refractivity contribution in [3.05, 3.63) is 77.9 Å². The van der Waals surface area contributed by atoms with Gasteiger partial charge in [-0.05, 0) is 60.5 Å². The smallest absolute Gasteiger partial charge is 0.231 e. The van der Waals surface area contributed by atoms with E-state index in [2.05, 4.69) is 9.98 Å². The number of allylic oxidation sites excluding steroid dienone is 1. The van der Waals surface area contributed by atoms with Crippen LogP contribution in [0.3, 0.4) is 0 Å². The van der Waals surface area contributed by atoms with E-state index in [9.17, 15) is 0 Å². The summed E-state index contributed by atoms with van der Waals surface area (Å²) < 4.78 is 16.6. The lowest BCUT2D eigenvalue weighted by atomic mass is 10.1. The minimum absolute atomic E-state index is 0.278. The molecule has 0 N–H and O–H groups in total. The number of nitrogens with zero attached hydrogens (tertiary/aromatic N) is 2. The summed E-state index contributed by atoms with van der Waals surface area (Å²) in [6, 6.07) is 19.6. The Bertz CT molecular complexity index is 1250. The van der Waals surface area contributed by atoms with Crippen LogP contribution in [0.25, 0.3) is 28.6 Å². The summed E-state index contributed by atoms with van der Waals surface area (Å²) >= 11 is 0. The van der Waals surface area contributed by atoms with Gasteiger partial charge in [0.05, 0.1) is 5.69 Å². The van der Waals surface area contributed by atoms with Gasteiger partial charge in [0.2, 0.25) is 12.7 Å². The SMILES string of the molecule is Cc1ccccc1-c1nc2cc(N=C/C=C/c3ccc4c(c3)OCO4)ccc2o1. The summed E-state index contributed by atoms with van der Waals surface area (Å²) in [5.74, 6) is 2.17.